The number of carbonyl (C=O) groups excluding carboxylic acids is 1. The van der Waals surface area contributed by atoms with Gasteiger partial charge in [-0.1, -0.05) is 12.2 Å². The van der Waals surface area contributed by atoms with E-state index in [0.29, 0.717) is 19.0 Å². The molecular weight excluding hydrogens is 344 g/mol. The number of aromatic nitrogens is 2. The van der Waals surface area contributed by atoms with Gasteiger partial charge in [0.15, 0.2) is 0 Å². The van der Waals surface area contributed by atoms with Gasteiger partial charge in [0.25, 0.3) is 5.56 Å². The Bertz CT molecular complexity index is 744. The molecule has 0 aromatic carbocycles. The summed E-state index contributed by atoms with van der Waals surface area (Å²) in [5, 5.41) is 3.12. The van der Waals surface area contributed by atoms with E-state index in [9.17, 15) is 9.59 Å². The average molecular weight is 374 g/mol. The highest BCUT2D eigenvalue weighted by Gasteiger charge is 2.29. The molecule has 1 fully saturated rings. The smallest absolute Gasteiger partial charge is 0.317 e. The normalized spacial score (nSPS) is 22.3. The molecule has 27 heavy (non-hydrogen) atoms. The molecule has 0 spiro atoms. The first kappa shape index (κ1) is 19.4. The molecule has 1 aliphatic heterocycles. The van der Waals surface area contributed by atoms with Gasteiger partial charge in [0.1, 0.15) is 0 Å². The molecule has 0 saturated carbocycles. The van der Waals surface area contributed by atoms with Crippen LogP contribution in [0.5, 0.6) is 0 Å². The van der Waals surface area contributed by atoms with Crippen LogP contribution < -0.4 is 15.8 Å². The van der Waals surface area contributed by atoms with Gasteiger partial charge < -0.3 is 15.1 Å². The van der Waals surface area contributed by atoms with Gasteiger partial charge in [0.05, 0.1) is 5.69 Å². The molecule has 8 nitrogen and oxygen atoms in total. The molecule has 2 N–H and O–H groups in total. The predicted molar refractivity (Wildman–Crippen MR) is 106 cm³/mol. The van der Waals surface area contributed by atoms with Crippen molar-refractivity contribution in [1.82, 2.24) is 25.1 Å². The van der Waals surface area contributed by atoms with Crippen LogP contribution in [0.2, 0.25) is 0 Å². The Kier molecular flexibility index (Phi) is 6.15. The lowest BCUT2D eigenvalue weighted by molar-refractivity contribution is 0.194. The molecule has 0 bridgehead atoms. The molecule has 1 aliphatic carbocycles. The fraction of sp³-hybridized carbons (Fsp3) is 0.632. The highest BCUT2D eigenvalue weighted by molar-refractivity contribution is 5.75. The standard InChI is InChI=1S/C19H30N6O2/c1-23(2)18-20-15(11-17(26)22-18)12-24(3)16-9-10-25(13-16)19(27)21-14-7-5-4-6-8-14/h5,7,11,14,16H,4,6,8-10,12-13H2,1-3H3,(H,21,27)(H,20,22,26)/t14-,16+/m0/s1. The largest absolute Gasteiger partial charge is 0.348 e. The van der Waals surface area contributed by atoms with Gasteiger partial charge in [-0.3, -0.25) is 14.7 Å². The number of hydrogen-bond acceptors (Lipinski definition) is 5. The summed E-state index contributed by atoms with van der Waals surface area (Å²) in [5.41, 5.74) is 0.588. The summed E-state index contributed by atoms with van der Waals surface area (Å²) in [6.07, 6.45) is 8.42. The molecule has 3 rings (SSSR count). The molecule has 148 valence electrons. The number of anilines is 1. The van der Waals surface area contributed by atoms with Crippen molar-refractivity contribution in [2.24, 2.45) is 0 Å². The minimum absolute atomic E-state index is 0.0200. The van der Waals surface area contributed by atoms with Crippen LogP contribution in [0.1, 0.15) is 31.4 Å². The molecule has 1 aromatic rings. The van der Waals surface area contributed by atoms with Crippen molar-refractivity contribution in [1.29, 1.82) is 0 Å². The van der Waals surface area contributed by atoms with Gasteiger partial charge in [-0.05, 0) is 32.7 Å². The van der Waals surface area contributed by atoms with E-state index in [0.717, 1.165) is 37.9 Å². The maximum absolute atomic E-state index is 12.5. The number of hydrogen-bond donors (Lipinski definition) is 2. The van der Waals surface area contributed by atoms with Crippen molar-refractivity contribution < 1.29 is 4.79 Å². The third kappa shape index (κ3) is 5.09. The second-order valence-corrected chi connectivity index (χ2v) is 7.67. The monoisotopic (exact) mass is 374 g/mol. The number of carbonyl (C=O) groups is 1. The maximum Gasteiger partial charge on any atom is 0.317 e. The number of likely N-dealkylation sites (tertiary alicyclic amines) is 1. The van der Waals surface area contributed by atoms with Crippen molar-refractivity contribution in [3.63, 3.8) is 0 Å². The fourth-order valence-electron chi connectivity index (χ4n) is 3.64. The van der Waals surface area contributed by atoms with Gasteiger partial charge in [0.2, 0.25) is 5.95 Å². The van der Waals surface area contributed by atoms with Gasteiger partial charge in [-0.2, -0.15) is 0 Å². The Morgan fingerprint density at radius 2 is 2.19 bits per heavy atom. The van der Waals surface area contributed by atoms with Gasteiger partial charge in [0, 0.05) is 51.9 Å². The van der Waals surface area contributed by atoms with E-state index in [1.807, 2.05) is 26.0 Å². The zero-order valence-electron chi connectivity index (χ0n) is 16.4. The second-order valence-electron chi connectivity index (χ2n) is 7.67. The molecule has 2 amide bonds. The van der Waals surface area contributed by atoms with Crippen molar-refractivity contribution in [3.05, 3.63) is 34.3 Å². The first-order chi connectivity index (χ1) is 12.9. The van der Waals surface area contributed by atoms with E-state index >= 15 is 0 Å². The van der Waals surface area contributed by atoms with Crippen LogP contribution in [0.25, 0.3) is 0 Å². The third-order valence-electron chi connectivity index (χ3n) is 5.25. The Hall–Kier alpha value is -2.35. The molecule has 2 atom stereocenters. The number of H-pyrrole nitrogens is 1. The first-order valence-electron chi connectivity index (χ1n) is 9.62. The van der Waals surface area contributed by atoms with E-state index in [2.05, 4.69) is 32.3 Å². The van der Waals surface area contributed by atoms with E-state index in [4.69, 9.17) is 0 Å². The number of allylic oxidation sites excluding steroid dienone is 1. The number of rotatable bonds is 5. The number of urea groups is 1. The summed E-state index contributed by atoms with van der Waals surface area (Å²) in [4.78, 5) is 37.4. The number of amides is 2. The fourth-order valence-corrected chi connectivity index (χ4v) is 3.64. The van der Waals surface area contributed by atoms with E-state index in [1.165, 1.54) is 0 Å². The van der Waals surface area contributed by atoms with Crippen LogP contribution in [0.15, 0.2) is 23.0 Å². The molecule has 0 radical (unpaired) electrons. The number of nitrogens with zero attached hydrogens (tertiary/aromatic N) is 4. The lowest BCUT2D eigenvalue weighted by atomic mass is 10.0. The summed E-state index contributed by atoms with van der Waals surface area (Å²) in [6.45, 7) is 2.03. The van der Waals surface area contributed by atoms with Crippen molar-refractivity contribution >= 4 is 12.0 Å². The average Bonchev–Trinajstić information content (AvgIpc) is 3.12. The summed E-state index contributed by atoms with van der Waals surface area (Å²) >= 11 is 0. The Morgan fingerprint density at radius 1 is 1.37 bits per heavy atom. The highest BCUT2D eigenvalue weighted by atomic mass is 16.2. The first-order valence-corrected chi connectivity index (χ1v) is 9.62. The zero-order valence-corrected chi connectivity index (χ0v) is 16.4. The third-order valence-corrected chi connectivity index (χ3v) is 5.25. The van der Waals surface area contributed by atoms with Gasteiger partial charge >= 0.3 is 6.03 Å². The van der Waals surface area contributed by atoms with Gasteiger partial charge in [-0.25, -0.2) is 9.78 Å². The molecule has 0 unspecified atom stereocenters. The second kappa shape index (κ2) is 8.56. The van der Waals surface area contributed by atoms with E-state index < -0.39 is 0 Å². The van der Waals surface area contributed by atoms with Gasteiger partial charge in [-0.15, -0.1) is 0 Å². The quantitative estimate of drug-likeness (QED) is 0.756. The predicted octanol–water partition coefficient (Wildman–Crippen LogP) is 1.16. The van der Waals surface area contributed by atoms with Crippen molar-refractivity contribution in [3.8, 4) is 0 Å². The minimum Gasteiger partial charge on any atom is -0.348 e. The van der Waals surface area contributed by atoms with Crippen LogP contribution in [-0.2, 0) is 6.54 Å². The lowest BCUT2D eigenvalue weighted by Gasteiger charge is -2.26. The molecule has 2 heterocycles. The molecule has 1 aromatic heterocycles. The summed E-state index contributed by atoms with van der Waals surface area (Å²) in [6, 6.07) is 1.99. The molecule has 2 aliphatic rings. The Morgan fingerprint density at radius 3 is 2.89 bits per heavy atom. The SMILES string of the molecule is CN(C)c1nc(CN(C)[C@@H]2CCN(C(=O)N[C@H]3C=CCCC3)C2)cc(=O)[nH]1. The minimum atomic E-state index is -0.148. The number of aromatic amines is 1. The van der Waals surface area contributed by atoms with Crippen molar-refractivity contribution in [2.75, 3.05) is 39.1 Å². The Balaban J connectivity index is 1.55. The molecule has 8 heteroatoms. The van der Waals surface area contributed by atoms with Crippen LogP contribution in [0.4, 0.5) is 10.7 Å². The molecule has 1 saturated heterocycles. The number of likely N-dealkylation sites (N-methyl/N-ethyl adjacent to an activating group) is 1. The van der Waals surface area contributed by atoms with Crippen LogP contribution in [-0.4, -0.2) is 72.1 Å². The maximum atomic E-state index is 12.5. The van der Waals surface area contributed by atoms with Crippen LogP contribution >= 0.6 is 0 Å². The van der Waals surface area contributed by atoms with Crippen LogP contribution in [0.3, 0.4) is 0 Å². The zero-order chi connectivity index (χ0) is 19.4. The van der Waals surface area contributed by atoms with Crippen LogP contribution in [0, 0.1) is 0 Å². The summed E-state index contributed by atoms with van der Waals surface area (Å²) in [5.74, 6) is 0.555. The molecular formula is C19H30N6O2. The topological polar surface area (TPSA) is 84.6 Å². The highest BCUT2D eigenvalue weighted by Crippen LogP contribution is 2.17. The summed E-state index contributed by atoms with van der Waals surface area (Å²) < 4.78 is 0. The van der Waals surface area contributed by atoms with E-state index in [1.54, 1.807) is 11.0 Å². The van der Waals surface area contributed by atoms with E-state index in [-0.39, 0.29) is 23.7 Å². The van der Waals surface area contributed by atoms with Crippen molar-refractivity contribution in [2.45, 2.75) is 44.3 Å². The summed E-state index contributed by atoms with van der Waals surface area (Å²) in [7, 11) is 5.72. The Labute approximate surface area is 160 Å². The number of nitrogens with one attached hydrogen (secondary N) is 2. The lowest BCUT2D eigenvalue weighted by Crippen LogP contribution is -2.45.